The third-order valence-electron chi connectivity index (χ3n) is 5.89. The fraction of sp³-hybridized carbons (Fsp3) is 0.160. The first-order valence-corrected chi connectivity index (χ1v) is 11.6. The van der Waals surface area contributed by atoms with Gasteiger partial charge in [-0.2, -0.15) is 0 Å². The minimum absolute atomic E-state index is 0.0845. The first kappa shape index (κ1) is 21.7. The van der Waals surface area contributed by atoms with E-state index in [9.17, 15) is 19.2 Å². The van der Waals surface area contributed by atoms with Gasteiger partial charge in [0.25, 0.3) is 17.6 Å². The summed E-state index contributed by atoms with van der Waals surface area (Å²) >= 11 is 1.34. The van der Waals surface area contributed by atoms with Crippen molar-refractivity contribution in [1.29, 1.82) is 0 Å². The molecule has 0 bridgehead atoms. The van der Waals surface area contributed by atoms with Gasteiger partial charge in [-0.15, -0.1) is 11.3 Å². The van der Waals surface area contributed by atoms with E-state index >= 15 is 0 Å². The summed E-state index contributed by atoms with van der Waals surface area (Å²) in [6, 6.07) is 14.4. The van der Waals surface area contributed by atoms with Crippen LogP contribution in [0.2, 0.25) is 0 Å². The second-order valence-electron chi connectivity index (χ2n) is 7.88. The number of amides is 2. The summed E-state index contributed by atoms with van der Waals surface area (Å²) in [5, 5.41) is 0. The third kappa shape index (κ3) is 3.90. The normalized spacial score (nSPS) is 13.8. The van der Waals surface area contributed by atoms with Crippen LogP contribution in [0, 0.1) is 0 Å². The molecule has 170 valence electrons. The van der Waals surface area contributed by atoms with Crippen molar-refractivity contribution in [3.05, 3.63) is 76.9 Å². The summed E-state index contributed by atoms with van der Waals surface area (Å²) in [5.74, 6) is -1.34. The number of pyridine rings is 1. The van der Waals surface area contributed by atoms with Gasteiger partial charge in [0, 0.05) is 54.6 Å². The topological polar surface area (TPSA) is 103 Å². The molecule has 4 heterocycles. The van der Waals surface area contributed by atoms with E-state index in [1.807, 2.05) is 24.3 Å². The van der Waals surface area contributed by atoms with Gasteiger partial charge in [-0.1, -0.05) is 18.2 Å². The second kappa shape index (κ2) is 9.03. The zero-order valence-electron chi connectivity index (χ0n) is 18.1. The fourth-order valence-corrected chi connectivity index (χ4v) is 4.95. The van der Waals surface area contributed by atoms with E-state index in [4.69, 9.17) is 0 Å². The van der Waals surface area contributed by atoms with Gasteiger partial charge in [0.2, 0.25) is 0 Å². The van der Waals surface area contributed by atoms with Crippen LogP contribution in [0.1, 0.15) is 30.4 Å². The summed E-state index contributed by atoms with van der Waals surface area (Å²) in [6.45, 7) is 1.29. The predicted octanol–water partition coefficient (Wildman–Crippen LogP) is 3.27. The summed E-state index contributed by atoms with van der Waals surface area (Å²) < 4.78 is 0. The number of benzene rings is 1. The van der Waals surface area contributed by atoms with Crippen LogP contribution in [0.15, 0.2) is 60.9 Å². The molecule has 1 saturated heterocycles. The standard InChI is InChI=1S/C25H20N4O4S/c30-15-17-6-7-20(34-17)18-8-9-26-22-19(14-27-21(18)22)23(31)25(33)29-12-10-28(11-13-29)24(32)16-4-2-1-3-5-16/h1-9,14-15,27H,10-13H2. The van der Waals surface area contributed by atoms with Crippen LogP contribution in [0.25, 0.3) is 21.5 Å². The molecular weight excluding hydrogens is 452 g/mol. The van der Waals surface area contributed by atoms with Crippen molar-refractivity contribution < 1.29 is 19.2 Å². The number of rotatable bonds is 5. The van der Waals surface area contributed by atoms with Gasteiger partial charge in [-0.25, -0.2) is 0 Å². The Morgan fingerprint density at radius 2 is 1.68 bits per heavy atom. The Balaban J connectivity index is 1.32. The predicted molar refractivity (Wildman–Crippen MR) is 128 cm³/mol. The molecule has 1 aromatic carbocycles. The number of fused-ring (bicyclic) bond motifs is 1. The van der Waals surface area contributed by atoms with Crippen molar-refractivity contribution in [2.45, 2.75) is 0 Å². The monoisotopic (exact) mass is 472 g/mol. The molecule has 1 aliphatic heterocycles. The molecule has 1 fully saturated rings. The van der Waals surface area contributed by atoms with Crippen molar-refractivity contribution in [1.82, 2.24) is 19.8 Å². The van der Waals surface area contributed by atoms with Crippen LogP contribution >= 0.6 is 11.3 Å². The fourth-order valence-electron chi connectivity index (χ4n) is 4.10. The van der Waals surface area contributed by atoms with Gasteiger partial charge in [-0.05, 0) is 30.3 Å². The number of hydrogen-bond donors (Lipinski definition) is 1. The molecule has 3 aromatic heterocycles. The molecular formula is C25H20N4O4S. The number of thiophene rings is 1. The minimum atomic E-state index is -0.640. The lowest BCUT2D eigenvalue weighted by atomic mass is 10.1. The molecule has 9 heteroatoms. The summed E-state index contributed by atoms with van der Waals surface area (Å²) in [7, 11) is 0. The van der Waals surface area contributed by atoms with Gasteiger partial charge < -0.3 is 14.8 Å². The highest BCUT2D eigenvalue weighted by molar-refractivity contribution is 7.17. The molecule has 0 radical (unpaired) electrons. The van der Waals surface area contributed by atoms with Crippen LogP contribution in [0.3, 0.4) is 0 Å². The average molecular weight is 473 g/mol. The van der Waals surface area contributed by atoms with Crippen LogP contribution in [-0.4, -0.2) is 69.8 Å². The Morgan fingerprint density at radius 1 is 0.941 bits per heavy atom. The number of ketones is 1. The van der Waals surface area contributed by atoms with Crippen LogP contribution in [0.5, 0.6) is 0 Å². The van der Waals surface area contributed by atoms with Crippen molar-refractivity contribution >= 4 is 46.3 Å². The average Bonchev–Trinajstić information content (AvgIpc) is 3.55. The summed E-state index contributed by atoms with van der Waals surface area (Å²) in [4.78, 5) is 61.8. The van der Waals surface area contributed by atoms with Gasteiger partial charge in [0.1, 0.15) is 0 Å². The molecule has 1 N–H and O–H groups in total. The van der Waals surface area contributed by atoms with E-state index < -0.39 is 11.7 Å². The number of nitrogens with one attached hydrogen (secondary N) is 1. The summed E-state index contributed by atoms with van der Waals surface area (Å²) in [6.07, 6.45) is 3.88. The molecule has 34 heavy (non-hydrogen) atoms. The maximum absolute atomic E-state index is 13.1. The Bertz CT molecular complexity index is 1400. The van der Waals surface area contributed by atoms with Crippen molar-refractivity contribution in [2.75, 3.05) is 26.2 Å². The number of aromatic nitrogens is 2. The number of H-pyrrole nitrogens is 1. The highest BCUT2D eigenvalue weighted by Crippen LogP contribution is 2.33. The summed E-state index contributed by atoms with van der Waals surface area (Å²) in [5.41, 5.74) is 2.66. The van der Waals surface area contributed by atoms with Gasteiger partial charge in [0.05, 0.1) is 21.5 Å². The minimum Gasteiger partial charge on any atom is -0.359 e. The zero-order chi connectivity index (χ0) is 23.7. The van der Waals surface area contributed by atoms with Crippen LogP contribution in [0.4, 0.5) is 0 Å². The van der Waals surface area contributed by atoms with Crippen molar-refractivity contribution in [3.8, 4) is 10.4 Å². The van der Waals surface area contributed by atoms with Gasteiger partial charge >= 0.3 is 0 Å². The maximum Gasteiger partial charge on any atom is 0.295 e. The van der Waals surface area contributed by atoms with E-state index in [1.54, 1.807) is 35.4 Å². The lowest BCUT2D eigenvalue weighted by Crippen LogP contribution is -2.52. The van der Waals surface area contributed by atoms with Crippen molar-refractivity contribution in [3.63, 3.8) is 0 Å². The van der Waals surface area contributed by atoms with Gasteiger partial charge in [-0.3, -0.25) is 24.2 Å². The molecule has 4 aromatic rings. The quantitative estimate of drug-likeness (QED) is 0.273. The largest absolute Gasteiger partial charge is 0.359 e. The number of aromatic amines is 1. The Hall–Kier alpha value is -4.11. The number of carbonyl (C=O) groups is 4. The number of carbonyl (C=O) groups excluding carboxylic acids is 4. The number of hydrogen-bond acceptors (Lipinski definition) is 6. The molecule has 5 rings (SSSR count). The highest BCUT2D eigenvalue weighted by Gasteiger charge is 2.30. The van der Waals surface area contributed by atoms with E-state index in [2.05, 4.69) is 9.97 Å². The molecule has 0 aliphatic carbocycles. The van der Waals surface area contributed by atoms with Gasteiger partial charge in [0.15, 0.2) is 6.29 Å². The highest BCUT2D eigenvalue weighted by atomic mass is 32.1. The first-order valence-electron chi connectivity index (χ1n) is 10.8. The Morgan fingerprint density at radius 3 is 2.38 bits per heavy atom. The number of nitrogens with zero attached hydrogens (tertiary/aromatic N) is 3. The van der Waals surface area contributed by atoms with Crippen molar-refractivity contribution in [2.24, 2.45) is 0 Å². The Labute approximate surface area is 198 Å². The lowest BCUT2D eigenvalue weighted by Gasteiger charge is -2.34. The molecule has 0 atom stereocenters. The molecule has 8 nitrogen and oxygen atoms in total. The van der Waals surface area contributed by atoms with E-state index in [-0.39, 0.29) is 24.6 Å². The van der Waals surface area contributed by atoms with E-state index in [0.29, 0.717) is 34.6 Å². The molecule has 2 amide bonds. The van der Waals surface area contributed by atoms with E-state index in [1.165, 1.54) is 22.4 Å². The van der Waals surface area contributed by atoms with E-state index in [0.717, 1.165) is 16.7 Å². The molecule has 0 unspecified atom stereocenters. The maximum atomic E-state index is 13.1. The first-order chi connectivity index (χ1) is 16.6. The third-order valence-corrected chi connectivity index (χ3v) is 6.93. The second-order valence-corrected chi connectivity index (χ2v) is 9.00. The molecule has 1 aliphatic rings. The number of Topliss-reactive ketones (excluding diaryl/α,β-unsaturated/α-hetero) is 1. The SMILES string of the molecule is O=Cc1ccc(-c2ccnc3c(C(=O)C(=O)N4CCN(C(=O)c5ccccc5)CC4)c[nH]c23)s1. The molecule has 0 saturated carbocycles. The lowest BCUT2D eigenvalue weighted by molar-refractivity contribution is -0.127. The van der Waals surface area contributed by atoms with Crippen LogP contribution < -0.4 is 0 Å². The number of aldehydes is 1. The number of piperazine rings is 1. The molecule has 0 spiro atoms. The van der Waals surface area contributed by atoms with Crippen LogP contribution in [-0.2, 0) is 4.79 Å². The Kier molecular flexibility index (Phi) is 5.77. The zero-order valence-corrected chi connectivity index (χ0v) is 18.9. The smallest absolute Gasteiger partial charge is 0.295 e.